The van der Waals surface area contributed by atoms with Gasteiger partial charge in [-0.05, 0) is 35.4 Å². The number of hydrogen-bond donors (Lipinski definition) is 2. The molecule has 2 aliphatic rings. The standard InChI is InChI=1S/C30H34Cl4N4O4S/c31-27-21(3-7-25(41)37-13-9-35(10-14-37)17-19-39)1-5-23(29(27)33)43-24-6-2-22(28(32)30(24)34)4-8-26(42)38-15-11-36(12-16-38)18-20-40/h1-8,39-40H,9-20H2/b7-3+,8-4+. The lowest BCUT2D eigenvalue weighted by Gasteiger charge is -2.33. The van der Waals surface area contributed by atoms with E-state index < -0.39 is 0 Å². The number of halogens is 4. The third-order valence-corrected chi connectivity index (χ3v) is 10.5. The van der Waals surface area contributed by atoms with Gasteiger partial charge in [-0.15, -0.1) is 0 Å². The van der Waals surface area contributed by atoms with Crippen LogP contribution in [-0.4, -0.2) is 120 Å². The number of hydrogen-bond acceptors (Lipinski definition) is 7. The van der Waals surface area contributed by atoms with E-state index in [1.807, 2.05) is 12.1 Å². The van der Waals surface area contributed by atoms with Crippen LogP contribution >= 0.6 is 58.2 Å². The molecule has 2 fully saturated rings. The Morgan fingerprint density at radius 2 is 1.00 bits per heavy atom. The van der Waals surface area contributed by atoms with Gasteiger partial charge < -0.3 is 20.0 Å². The van der Waals surface area contributed by atoms with E-state index in [0.29, 0.717) is 80.3 Å². The molecule has 2 aromatic rings. The van der Waals surface area contributed by atoms with Gasteiger partial charge in [-0.3, -0.25) is 19.4 Å². The summed E-state index contributed by atoms with van der Waals surface area (Å²) in [6.45, 7) is 6.76. The lowest BCUT2D eigenvalue weighted by Crippen LogP contribution is -2.48. The molecule has 0 unspecified atom stereocenters. The Hall–Kier alpha value is -1.79. The first kappa shape index (κ1) is 34.1. The van der Waals surface area contributed by atoms with Crippen molar-refractivity contribution < 1.29 is 19.8 Å². The van der Waals surface area contributed by atoms with Gasteiger partial charge >= 0.3 is 0 Å². The third kappa shape index (κ3) is 9.12. The summed E-state index contributed by atoms with van der Waals surface area (Å²) < 4.78 is 0. The highest BCUT2D eigenvalue weighted by molar-refractivity contribution is 7.99. The number of carbonyl (C=O) groups excluding carboxylic acids is 2. The van der Waals surface area contributed by atoms with Gasteiger partial charge in [0.1, 0.15) is 0 Å². The van der Waals surface area contributed by atoms with E-state index in [1.165, 1.54) is 23.9 Å². The number of carbonyl (C=O) groups is 2. The lowest BCUT2D eigenvalue weighted by atomic mass is 10.2. The second-order valence-electron chi connectivity index (χ2n) is 10.1. The van der Waals surface area contributed by atoms with E-state index in [4.69, 9.17) is 56.6 Å². The predicted octanol–water partition coefficient (Wildman–Crippen LogP) is 4.75. The van der Waals surface area contributed by atoms with Crippen LogP contribution in [0.1, 0.15) is 11.1 Å². The second kappa shape index (κ2) is 16.5. The van der Waals surface area contributed by atoms with Crippen LogP contribution in [-0.2, 0) is 9.59 Å². The van der Waals surface area contributed by atoms with E-state index in [9.17, 15) is 9.59 Å². The molecule has 232 valence electrons. The van der Waals surface area contributed by atoms with Gasteiger partial charge in [-0.25, -0.2) is 0 Å². The Morgan fingerprint density at radius 1 is 0.628 bits per heavy atom. The molecule has 2 aromatic carbocycles. The van der Waals surface area contributed by atoms with Crippen molar-refractivity contribution in [3.63, 3.8) is 0 Å². The summed E-state index contributed by atoms with van der Waals surface area (Å²) in [5, 5.41) is 19.5. The molecule has 0 saturated carbocycles. The van der Waals surface area contributed by atoms with Crippen molar-refractivity contribution in [1.82, 2.24) is 19.6 Å². The van der Waals surface area contributed by atoms with Crippen molar-refractivity contribution in [3.8, 4) is 0 Å². The molecule has 13 heteroatoms. The largest absolute Gasteiger partial charge is 0.395 e. The zero-order valence-corrected chi connectivity index (χ0v) is 27.4. The fraction of sp³-hybridized carbons (Fsp3) is 0.400. The van der Waals surface area contributed by atoms with Gasteiger partial charge in [0.25, 0.3) is 0 Å². The molecule has 2 N–H and O–H groups in total. The molecule has 2 aliphatic heterocycles. The topological polar surface area (TPSA) is 87.6 Å². The van der Waals surface area contributed by atoms with Crippen LogP contribution < -0.4 is 0 Å². The summed E-state index contributed by atoms with van der Waals surface area (Å²) in [6.07, 6.45) is 6.31. The normalized spacial score (nSPS) is 17.0. The quantitative estimate of drug-likeness (QED) is 0.349. The number of piperazine rings is 2. The average molecular weight is 689 g/mol. The minimum absolute atomic E-state index is 0.104. The monoisotopic (exact) mass is 686 g/mol. The van der Waals surface area contributed by atoms with Crippen molar-refractivity contribution in [1.29, 1.82) is 0 Å². The maximum Gasteiger partial charge on any atom is 0.246 e. The van der Waals surface area contributed by atoms with E-state index in [0.717, 1.165) is 26.2 Å². The van der Waals surface area contributed by atoms with E-state index in [2.05, 4.69) is 9.80 Å². The van der Waals surface area contributed by atoms with E-state index in [-0.39, 0.29) is 25.0 Å². The van der Waals surface area contributed by atoms with Crippen LogP contribution in [0.5, 0.6) is 0 Å². The number of benzene rings is 2. The second-order valence-corrected chi connectivity index (χ2v) is 12.7. The highest BCUT2D eigenvalue weighted by Gasteiger charge is 2.21. The maximum absolute atomic E-state index is 12.7. The molecule has 0 atom stereocenters. The van der Waals surface area contributed by atoms with Gasteiger partial charge in [-0.2, -0.15) is 0 Å². The molecule has 8 nitrogen and oxygen atoms in total. The number of nitrogens with zero attached hydrogens (tertiary/aromatic N) is 4. The van der Waals surface area contributed by atoms with Crippen LogP contribution in [0.15, 0.2) is 46.2 Å². The highest BCUT2D eigenvalue weighted by Crippen LogP contribution is 2.44. The molecule has 0 radical (unpaired) electrons. The number of rotatable bonds is 10. The Labute approximate surface area is 276 Å². The summed E-state index contributed by atoms with van der Waals surface area (Å²) in [5.41, 5.74) is 1.24. The van der Waals surface area contributed by atoms with Crippen LogP contribution in [0, 0.1) is 0 Å². The van der Waals surface area contributed by atoms with Crippen molar-refractivity contribution in [2.24, 2.45) is 0 Å². The fourth-order valence-electron chi connectivity index (χ4n) is 4.83. The van der Waals surface area contributed by atoms with Crippen molar-refractivity contribution in [2.45, 2.75) is 9.79 Å². The number of amides is 2. The Balaban J connectivity index is 1.37. The first-order chi connectivity index (χ1) is 20.7. The highest BCUT2D eigenvalue weighted by atomic mass is 35.5. The zero-order valence-electron chi connectivity index (χ0n) is 23.5. The molecule has 2 heterocycles. The van der Waals surface area contributed by atoms with E-state index >= 15 is 0 Å². The Bertz CT molecular complexity index is 1260. The van der Waals surface area contributed by atoms with Crippen molar-refractivity contribution in [3.05, 3.63) is 67.6 Å². The van der Waals surface area contributed by atoms with Gasteiger partial charge in [0.15, 0.2) is 0 Å². The number of aliphatic hydroxyl groups is 2. The van der Waals surface area contributed by atoms with Crippen molar-refractivity contribution >= 4 is 82.1 Å². The van der Waals surface area contributed by atoms with Gasteiger partial charge in [-0.1, -0.05) is 70.3 Å². The van der Waals surface area contributed by atoms with Crippen LogP contribution in [0.25, 0.3) is 12.2 Å². The molecule has 0 spiro atoms. The van der Waals surface area contributed by atoms with Gasteiger partial charge in [0.05, 0.1) is 33.3 Å². The summed E-state index contributed by atoms with van der Waals surface area (Å²) in [4.78, 5) is 34.5. The zero-order chi connectivity index (χ0) is 30.9. The van der Waals surface area contributed by atoms with Gasteiger partial charge in [0.2, 0.25) is 11.8 Å². The predicted molar refractivity (Wildman–Crippen MR) is 175 cm³/mol. The minimum Gasteiger partial charge on any atom is -0.395 e. The Morgan fingerprint density at radius 3 is 1.35 bits per heavy atom. The smallest absolute Gasteiger partial charge is 0.246 e. The molecule has 43 heavy (non-hydrogen) atoms. The molecule has 2 saturated heterocycles. The first-order valence-electron chi connectivity index (χ1n) is 14.0. The summed E-state index contributed by atoms with van der Waals surface area (Å²) in [6, 6.07) is 7.21. The minimum atomic E-state index is -0.104. The average Bonchev–Trinajstić information content (AvgIpc) is 3.01. The fourth-order valence-corrected chi connectivity index (χ4v) is 6.86. The summed E-state index contributed by atoms with van der Waals surface area (Å²) in [7, 11) is 0. The summed E-state index contributed by atoms with van der Waals surface area (Å²) in [5.74, 6) is -0.209. The molecule has 4 rings (SSSR count). The van der Waals surface area contributed by atoms with Crippen LogP contribution in [0.3, 0.4) is 0 Å². The molecule has 2 amide bonds. The Kier molecular flexibility index (Phi) is 13.1. The van der Waals surface area contributed by atoms with E-state index in [1.54, 1.807) is 34.1 Å². The summed E-state index contributed by atoms with van der Waals surface area (Å²) >= 11 is 27.7. The lowest BCUT2D eigenvalue weighted by molar-refractivity contribution is -0.128. The molecule has 0 aromatic heterocycles. The SMILES string of the molecule is O=C(/C=C/c1ccc(Sc2ccc(/C=C/C(=O)N3CCN(CCO)CC3)c(Cl)c2Cl)c(Cl)c1Cl)N1CCN(CCO)CC1. The van der Waals surface area contributed by atoms with Crippen molar-refractivity contribution in [2.75, 3.05) is 78.7 Å². The number of β-amino-alcohol motifs (C(OH)–C–C–N with tert-alkyl or cyclic N) is 2. The molecule has 0 bridgehead atoms. The molecular weight excluding hydrogens is 654 g/mol. The first-order valence-corrected chi connectivity index (χ1v) is 16.3. The van der Waals surface area contributed by atoms with Crippen LogP contribution in [0.4, 0.5) is 0 Å². The van der Waals surface area contributed by atoms with Gasteiger partial charge in [0, 0.05) is 87.4 Å². The maximum atomic E-state index is 12.7. The third-order valence-electron chi connectivity index (χ3n) is 7.38. The van der Waals surface area contributed by atoms with Crippen LogP contribution in [0.2, 0.25) is 20.1 Å². The number of aliphatic hydroxyl groups excluding tert-OH is 2. The molecule has 0 aliphatic carbocycles. The molecular formula is C30H34Cl4N4O4S.